The molecule has 18 heavy (non-hydrogen) atoms. The highest BCUT2D eigenvalue weighted by molar-refractivity contribution is 5.78. The summed E-state index contributed by atoms with van der Waals surface area (Å²) in [5, 5.41) is 11.3. The van der Waals surface area contributed by atoms with Gasteiger partial charge >= 0.3 is 0 Å². The fourth-order valence-electron chi connectivity index (χ4n) is 2.01. The van der Waals surface area contributed by atoms with Gasteiger partial charge in [0.15, 0.2) is 0 Å². The smallest absolute Gasteiger partial charge is 0.234 e. The molecular formula is C15H20N2O. The quantitative estimate of drug-likeness (QED) is 0.885. The van der Waals surface area contributed by atoms with Crippen molar-refractivity contribution in [2.45, 2.75) is 39.5 Å². The summed E-state index contributed by atoms with van der Waals surface area (Å²) in [6.45, 7) is 8.88. The third-order valence-corrected chi connectivity index (χ3v) is 3.09. The summed E-state index contributed by atoms with van der Waals surface area (Å²) in [7, 11) is 0. The average Bonchev–Trinajstić information content (AvgIpc) is 2.30. The maximum atomic E-state index is 11.3. The van der Waals surface area contributed by atoms with Crippen molar-refractivity contribution in [3.8, 4) is 6.07 Å². The zero-order chi connectivity index (χ0) is 13.8. The lowest BCUT2D eigenvalue weighted by molar-refractivity contribution is -0.120. The Morgan fingerprint density at radius 1 is 1.39 bits per heavy atom. The number of amides is 1. The molecule has 0 bridgehead atoms. The van der Waals surface area contributed by atoms with Crippen LogP contribution in [0.15, 0.2) is 18.2 Å². The average molecular weight is 244 g/mol. The van der Waals surface area contributed by atoms with Crippen molar-refractivity contribution in [1.82, 2.24) is 5.32 Å². The van der Waals surface area contributed by atoms with Crippen molar-refractivity contribution in [3.63, 3.8) is 0 Å². The van der Waals surface area contributed by atoms with Crippen molar-refractivity contribution in [2.75, 3.05) is 6.54 Å². The number of nitrogens with one attached hydrogen (secondary N) is 1. The summed E-state index contributed by atoms with van der Waals surface area (Å²) in [6, 6.07) is 8.20. The van der Waals surface area contributed by atoms with Crippen LogP contribution in [-0.4, -0.2) is 12.5 Å². The number of nitriles is 1. The monoisotopic (exact) mass is 244 g/mol. The Hall–Kier alpha value is -1.82. The third-order valence-electron chi connectivity index (χ3n) is 3.09. The molecule has 1 aromatic rings. The van der Waals surface area contributed by atoms with E-state index < -0.39 is 0 Å². The first-order valence-corrected chi connectivity index (χ1v) is 6.08. The second-order valence-electron chi connectivity index (χ2n) is 5.31. The van der Waals surface area contributed by atoms with Crippen molar-refractivity contribution < 1.29 is 4.79 Å². The zero-order valence-corrected chi connectivity index (χ0v) is 11.5. The number of carbonyl (C=O) groups is 1. The molecular weight excluding hydrogens is 224 g/mol. The van der Waals surface area contributed by atoms with E-state index in [9.17, 15) is 4.79 Å². The number of hydrogen-bond donors (Lipinski definition) is 1. The summed E-state index contributed by atoms with van der Waals surface area (Å²) >= 11 is 0. The van der Waals surface area contributed by atoms with E-state index in [-0.39, 0.29) is 17.7 Å². The lowest BCUT2D eigenvalue weighted by Gasteiger charge is -2.27. The number of nitrogens with zero attached hydrogens (tertiary/aromatic N) is 1. The Kier molecular flexibility index (Phi) is 4.49. The van der Waals surface area contributed by atoms with E-state index in [0.29, 0.717) is 6.54 Å². The van der Waals surface area contributed by atoms with Crippen molar-refractivity contribution >= 4 is 5.91 Å². The van der Waals surface area contributed by atoms with Crippen LogP contribution in [0.5, 0.6) is 0 Å². The van der Waals surface area contributed by atoms with E-state index in [1.165, 1.54) is 16.7 Å². The molecule has 1 aromatic carbocycles. The molecule has 1 amide bonds. The molecule has 0 aromatic heterocycles. The summed E-state index contributed by atoms with van der Waals surface area (Å²) in [5.74, 6) is -0.212. The molecule has 0 radical (unpaired) electrons. The molecule has 3 nitrogen and oxygen atoms in total. The second-order valence-corrected chi connectivity index (χ2v) is 5.31. The van der Waals surface area contributed by atoms with Crippen LogP contribution < -0.4 is 5.32 Å². The number of rotatable bonds is 4. The SMILES string of the molecule is Cc1ccc(C)c(C(C)(C)CNC(=O)CC#N)c1. The summed E-state index contributed by atoms with van der Waals surface area (Å²) < 4.78 is 0. The molecule has 0 heterocycles. The van der Waals surface area contributed by atoms with Gasteiger partial charge in [-0.05, 0) is 25.0 Å². The molecule has 0 fully saturated rings. The van der Waals surface area contributed by atoms with Crippen molar-refractivity contribution in [3.05, 3.63) is 34.9 Å². The van der Waals surface area contributed by atoms with E-state index >= 15 is 0 Å². The van der Waals surface area contributed by atoms with Gasteiger partial charge in [0, 0.05) is 12.0 Å². The minimum Gasteiger partial charge on any atom is -0.354 e. The summed E-state index contributed by atoms with van der Waals surface area (Å²) in [4.78, 5) is 11.3. The Labute approximate surface area is 109 Å². The Balaban J connectivity index is 2.83. The molecule has 0 spiro atoms. The largest absolute Gasteiger partial charge is 0.354 e. The highest BCUT2D eigenvalue weighted by Gasteiger charge is 2.23. The minimum absolute atomic E-state index is 0.0805. The van der Waals surface area contributed by atoms with Crippen LogP contribution in [0.4, 0.5) is 0 Å². The van der Waals surface area contributed by atoms with Gasteiger partial charge in [-0.3, -0.25) is 4.79 Å². The molecule has 0 unspecified atom stereocenters. The van der Waals surface area contributed by atoms with Gasteiger partial charge < -0.3 is 5.32 Å². The topological polar surface area (TPSA) is 52.9 Å². The maximum Gasteiger partial charge on any atom is 0.234 e. The zero-order valence-electron chi connectivity index (χ0n) is 11.5. The molecule has 0 saturated carbocycles. The number of hydrogen-bond acceptors (Lipinski definition) is 2. The number of benzene rings is 1. The van der Waals surface area contributed by atoms with Crippen LogP contribution in [-0.2, 0) is 10.2 Å². The van der Waals surface area contributed by atoms with Crippen LogP contribution in [0.2, 0.25) is 0 Å². The van der Waals surface area contributed by atoms with Gasteiger partial charge in [-0.2, -0.15) is 5.26 Å². The Bertz CT molecular complexity index is 484. The lowest BCUT2D eigenvalue weighted by atomic mass is 9.81. The molecule has 1 rings (SSSR count). The van der Waals surface area contributed by atoms with Gasteiger partial charge in [0.1, 0.15) is 6.42 Å². The minimum atomic E-state index is -0.212. The van der Waals surface area contributed by atoms with Crippen LogP contribution in [0.3, 0.4) is 0 Å². The maximum absolute atomic E-state index is 11.3. The molecule has 0 saturated heterocycles. The summed E-state index contributed by atoms with van der Waals surface area (Å²) in [5.41, 5.74) is 3.54. The molecule has 0 atom stereocenters. The van der Waals surface area contributed by atoms with E-state index in [2.05, 4.69) is 51.2 Å². The lowest BCUT2D eigenvalue weighted by Crippen LogP contribution is -2.37. The molecule has 0 aliphatic heterocycles. The van der Waals surface area contributed by atoms with Crippen LogP contribution >= 0.6 is 0 Å². The van der Waals surface area contributed by atoms with Crippen LogP contribution in [0, 0.1) is 25.2 Å². The first kappa shape index (κ1) is 14.2. The molecule has 0 aliphatic carbocycles. The van der Waals surface area contributed by atoms with Gasteiger partial charge in [-0.15, -0.1) is 0 Å². The van der Waals surface area contributed by atoms with Gasteiger partial charge in [0.05, 0.1) is 6.07 Å². The predicted molar refractivity (Wildman–Crippen MR) is 72.2 cm³/mol. The van der Waals surface area contributed by atoms with Gasteiger partial charge in [-0.25, -0.2) is 0 Å². The van der Waals surface area contributed by atoms with Crippen LogP contribution in [0.25, 0.3) is 0 Å². The standard InChI is InChI=1S/C15H20N2O/c1-11-5-6-12(2)13(9-11)15(3,4)10-17-14(18)7-8-16/h5-6,9H,7,10H2,1-4H3,(H,17,18). The molecule has 3 heteroatoms. The van der Waals surface area contributed by atoms with Gasteiger partial charge in [0.2, 0.25) is 5.91 Å². The van der Waals surface area contributed by atoms with Gasteiger partial charge in [-0.1, -0.05) is 37.6 Å². The fraction of sp³-hybridized carbons (Fsp3) is 0.467. The number of carbonyl (C=O) groups excluding carboxylic acids is 1. The first-order chi connectivity index (χ1) is 8.36. The summed E-state index contributed by atoms with van der Waals surface area (Å²) in [6.07, 6.45) is -0.0805. The molecule has 0 aliphatic rings. The number of aryl methyl sites for hydroxylation is 2. The predicted octanol–water partition coefficient (Wildman–Crippen LogP) is 2.61. The van der Waals surface area contributed by atoms with Crippen LogP contribution in [0.1, 0.15) is 37.0 Å². The second kappa shape index (κ2) is 5.68. The fourth-order valence-corrected chi connectivity index (χ4v) is 2.01. The Morgan fingerprint density at radius 2 is 2.06 bits per heavy atom. The van der Waals surface area contributed by atoms with Crippen molar-refractivity contribution in [1.29, 1.82) is 5.26 Å². The first-order valence-electron chi connectivity index (χ1n) is 6.08. The van der Waals surface area contributed by atoms with Gasteiger partial charge in [0.25, 0.3) is 0 Å². The molecule has 1 N–H and O–H groups in total. The van der Waals surface area contributed by atoms with E-state index in [4.69, 9.17) is 5.26 Å². The highest BCUT2D eigenvalue weighted by atomic mass is 16.1. The van der Waals surface area contributed by atoms with E-state index in [0.717, 1.165) is 0 Å². The highest BCUT2D eigenvalue weighted by Crippen LogP contribution is 2.26. The van der Waals surface area contributed by atoms with E-state index in [1.807, 2.05) is 6.07 Å². The Morgan fingerprint density at radius 3 is 2.67 bits per heavy atom. The van der Waals surface area contributed by atoms with E-state index in [1.54, 1.807) is 0 Å². The third kappa shape index (κ3) is 3.59. The van der Waals surface area contributed by atoms with Crippen molar-refractivity contribution in [2.24, 2.45) is 0 Å². The molecule has 96 valence electrons. The normalized spacial score (nSPS) is 10.8.